The van der Waals surface area contributed by atoms with Crippen molar-refractivity contribution in [2.75, 3.05) is 7.05 Å². The Morgan fingerprint density at radius 2 is 2.15 bits per heavy atom. The van der Waals surface area contributed by atoms with Crippen molar-refractivity contribution in [1.29, 1.82) is 0 Å². The molecule has 0 amide bonds. The molecule has 3 rings (SSSR count). The van der Waals surface area contributed by atoms with Crippen LogP contribution in [0.15, 0.2) is 45.1 Å². The van der Waals surface area contributed by atoms with Gasteiger partial charge in [0.05, 0.1) is 18.1 Å². The van der Waals surface area contributed by atoms with Crippen molar-refractivity contribution >= 4 is 29.5 Å². The summed E-state index contributed by atoms with van der Waals surface area (Å²) in [6, 6.07) is 8.52. The molecule has 2 aliphatic rings. The second-order valence-electron chi connectivity index (χ2n) is 4.98. The molecule has 0 fully saturated rings. The number of nitrogens with zero attached hydrogens (tertiary/aromatic N) is 3. The number of para-hydroxylation sites is 1. The fourth-order valence-electron chi connectivity index (χ4n) is 2.75. The summed E-state index contributed by atoms with van der Waals surface area (Å²) < 4.78 is 0. The summed E-state index contributed by atoms with van der Waals surface area (Å²) in [6.07, 6.45) is 3.73. The summed E-state index contributed by atoms with van der Waals surface area (Å²) >= 11 is 6.29. The van der Waals surface area contributed by atoms with Crippen LogP contribution >= 0.6 is 11.6 Å². The normalized spacial score (nSPS) is 20.9. The van der Waals surface area contributed by atoms with Crippen LogP contribution < -0.4 is 5.32 Å². The Bertz CT molecular complexity index is 618. The van der Waals surface area contributed by atoms with Crippen molar-refractivity contribution in [2.24, 2.45) is 9.98 Å². The van der Waals surface area contributed by atoms with Crippen LogP contribution in [-0.4, -0.2) is 24.1 Å². The fraction of sp³-hybridized carbons (Fsp3) is 0.333. The molecular weight excluding hydrogens is 272 g/mol. The first kappa shape index (κ1) is 13.2. The minimum absolute atomic E-state index is 0.260. The Hall–Kier alpha value is -1.81. The molecule has 1 atom stereocenters. The SMILES string of the molecule is CCCC1c2ccccc2N=C2NC=NC(Cl)=C2N1C. The van der Waals surface area contributed by atoms with Crippen molar-refractivity contribution in [1.82, 2.24) is 10.2 Å². The third-order valence-electron chi connectivity index (χ3n) is 3.71. The van der Waals surface area contributed by atoms with E-state index in [4.69, 9.17) is 16.6 Å². The third-order valence-corrected chi connectivity index (χ3v) is 3.99. The lowest BCUT2D eigenvalue weighted by Gasteiger charge is -2.31. The van der Waals surface area contributed by atoms with E-state index >= 15 is 0 Å². The molecule has 4 nitrogen and oxygen atoms in total. The summed E-state index contributed by atoms with van der Waals surface area (Å²) in [5.41, 5.74) is 3.09. The summed E-state index contributed by atoms with van der Waals surface area (Å²) in [5.74, 6) is 0.763. The molecule has 0 radical (unpaired) electrons. The van der Waals surface area contributed by atoms with Gasteiger partial charge in [-0.3, -0.25) is 0 Å². The number of rotatable bonds is 2. The first-order chi connectivity index (χ1) is 9.72. The number of benzene rings is 1. The maximum Gasteiger partial charge on any atom is 0.158 e. The average molecular weight is 289 g/mol. The number of fused-ring (bicyclic) bond motifs is 2. The second kappa shape index (κ2) is 5.29. The standard InChI is InChI=1S/C15H17ClN4/c1-3-6-12-10-7-4-5-8-11(10)19-15-13(20(12)2)14(16)17-9-18-15/h4-5,7-9,12H,3,6H2,1-2H3,(H,17,18,19). The first-order valence-electron chi connectivity index (χ1n) is 6.82. The molecule has 1 unspecified atom stereocenters. The molecule has 0 bridgehead atoms. The molecule has 0 saturated heterocycles. The van der Waals surface area contributed by atoms with E-state index in [1.54, 1.807) is 6.34 Å². The van der Waals surface area contributed by atoms with Gasteiger partial charge in [0.2, 0.25) is 0 Å². The molecule has 2 aliphatic heterocycles. The maximum absolute atomic E-state index is 6.29. The summed E-state index contributed by atoms with van der Waals surface area (Å²) in [6.45, 7) is 2.19. The number of nitrogens with one attached hydrogen (secondary N) is 1. The lowest BCUT2D eigenvalue weighted by Crippen LogP contribution is -2.36. The van der Waals surface area contributed by atoms with Crippen LogP contribution in [0.1, 0.15) is 31.4 Å². The molecule has 1 N–H and O–H groups in total. The summed E-state index contributed by atoms with van der Waals surface area (Å²) in [5, 5.41) is 3.58. The molecular formula is C15H17ClN4. The molecule has 0 saturated carbocycles. The van der Waals surface area contributed by atoms with E-state index in [0.717, 1.165) is 30.1 Å². The van der Waals surface area contributed by atoms with Gasteiger partial charge in [0, 0.05) is 12.6 Å². The van der Waals surface area contributed by atoms with Crippen LogP contribution in [0.2, 0.25) is 0 Å². The highest BCUT2D eigenvalue weighted by Crippen LogP contribution is 2.38. The lowest BCUT2D eigenvalue weighted by atomic mass is 9.99. The predicted octanol–water partition coefficient (Wildman–Crippen LogP) is 3.54. The van der Waals surface area contributed by atoms with Gasteiger partial charge in [-0.2, -0.15) is 0 Å². The van der Waals surface area contributed by atoms with Crippen molar-refractivity contribution in [3.05, 3.63) is 40.7 Å². The van der Waals surface area contributed by atoms with Crippen LogP contribution in [-0.2, 0) is 0 Å². The van der Waals surface area contributed by atoms with Gasteiger partial charge in [-0.1, -0.05) is 43.1 Å². The molecule has 1 aromatic rings. The first-order valence-corrected chi connectivity index (χ1v) is 7.20. The number of likely N-dealkylation sites (N-methyl/N-ethyl adjacent to an activating group) is 1. The smallest absolute Gasteiger partial charge is 0.158 e. The number of aliphatic imine (C=N–C) groups is 2. The highest BCUT2D eigenvalue weighted by Gasteiger charge is 2.30. The van der Waals surface area contributed by atoms with Gasteiger partial charge in [-0.05, 0) is 12.5 Å². The van der Waals surface area contributed by atoms with E-state index in [1.807, 2.05) is 12.1 Å². The van der Waals surface area contributed by atoms with Gasteiger partial charge >= 0.3 is 0 Å². The molecule has 1 aromatic carbocycles. The lowest BCUT2D eigenvalue weighted by molar-refractivity contribution is 0.304. The molecule has 0 aromatic heterocycles. The molecule has 5 heteroatoms. The van der Waals surface area contributed by atoms with E-state index in [1.165, 1.54) is 5.56 Å². The highest BCUT2D eigenvalue weighted by atomic mass is 35.5. The van der Waals surface area contributed by atoms with E-state index in [2.05, 4.69) is 41.3 Å². The molecule has 20 heavy (non-hydrogen) atoms. The van der Waals surface area contributed by atoms with Crippen molar-refractivity contribution < 1.29 is 0 Å². The van der Waals surface area contributed by atoms with Crippen molar-refractivity contribution in [3.63, 3.8) is 0 Å². The predicted molar refractivity (Wildman–Crippen MR) is 83.5 cm³/mol. The quantitative estimate of drug-likeness (QED) is 0.846. The van der Waals surface area contributed by atoms with Crippen LogP contribution in [0.25, 0.3) is 0 Å². The Kier molecular flexibility index (Phi) is 3.49. The summed E-state index contributed by atoms with van der Waals surface area (Å²) in [7, 11) is 2.05. The molecule has 0 aliphatic carbocycles. The largest absolute Gasteiger partial charge is 0.362 e. The van der Waals surface area contributed by atoms with E-state index in [0.29, 0.717) is 5.16 Å². The van der Waals surface area contributed by atoms with Gasteiger partial charge in [-0.25, -0.2) is 9.98 Å². The zero-order valence-corrected chi connectivity index (χ0v) is 12.4. The van der Waals surface area contributed by atoms with Crippen LogP contribution in [0.4, 0.5) is 5.69 Å². The number of amidine groups is 1. The van der Waals surface area contributed by atoms with Crippen LogP contribution in [0.3, 0.4) is 0 Å². The minimum atomic E-state index is 0.260. The average Bonchev–Trinajstić information content (AvgIpc) is 2.56. The zero-order valence-electron chi connectivity index (χ0n) is 11.6. The topological polar surface area (TPSA) is 40.0 Å². The second-order valence-corrected chi connectivity index (χ2v) is 5.33. The maximum atomic E-state index is 6.29. The highest BCUT2D eigenvalue weighted by molar-refractivity contribution is 6.33. The van der Waals surface area contributed by atoms with Gasteiger partial charge in [0.25, 0.3) is 0 Å². The Morgan fingerprint density at radius 3 is 2.95 bits per heavy atom. The van der Waals surface area contributed by atoms with E-state index in [-0.39, 0.29) is 6.04 Å². The van der Waals surface area contributed by atoms with E-state index < -0.39 is 0 Å². The van der Waals surface area contributed by atoms with Gasteiger partial charge in [0.1, 0.15) is 5.70 Å². The fourth-order valence-corrected chi connectivity index (χ4v) is 3.03. The van der Waals surface area contributed by atoms with Gasteiger partial charge in [-0.15, -0.1) is 0 Å². The van der Waals surface area contributed by atoms with Gasteiger partial charge < -0.3 is 10.2 Å². The van der Waals surface area contributed by atoms with Gasteiger partial charge in [0.15, 0.2) is 11.0 Å². The number of hydrogen-bond donors (Lipinski definition) is 1. The number of halogens is 1. The Labute approximate surface area is 123 Å². The molecule has 2 heterocycles. The zero-order chi connectivity index (χ0) is 14.1. The van der Waals surface area contributed by atoms with Crippen molar-refractivity contribution in [3.8, 4) is 0 Å². The van der Waals surface area contributed by atoms with E-state index in [9.17, 15) is 0 Å². The summed E-state index contributed by atoms with van der Waals surface area (Å²) in [4.78, 5) is 11.1. The van der Waals surface area contributed by atoms with Crippen molar-refractivity contribution in [2.45, 2.75) is 25.8 Å². The number of hydrogen-bond acceptors (Lipinski definition) is 4. The molecule has 104 valence electrons. The van der Waals surface area contributed by atoms with Crippen LogP contribution in [0, 0.1) is 0 Å². The van der Waals surface area contributed by atoms with Crippen LogP contribution in [0.5, 0.6) is 0 Å². The monoisotopic (exact) mass is 288 g/mol. The third kappa shape index (κ3) is 2.10. The Balaban J connectivity index is 2.19. The minimum Gasteiger partial charge on any atom is -0.362 e. The Morgan fingerprint density at radius 1 is 1.35 bits per heavy atom. The molecule has 0 spiro atoms.